The molecule has 67 heavy (non-hydrogen) atoms. The number of aliphatic imine (C=N–C) groups is 2. The van der Waals surface area contributed by atoms with Gasteiger partial charge in [-0.15, -0.1) is 0 Å². The molecule has 3 aromatic rings. The minimum atomic E-state index is -1.41. The number of carbonyl (C=O) groups excluding carboxylic acids is 5. The molecule has 19 nitrogen and oxygen atoms in total. The van der Waals surface area contributed by atoms with Gasteiger partial charge < -0.3 is 57.6 Å². The number of likely N-dealkylation sites (N-methyl/N-ethyl adjacent to an activating group) is 1. The Morgan fingerprint density at radius 3 is 2.18 bits per heavy atom. The number of nitrogens with two attached hydrogens (primary N) is 3. The molecule has 0 radical (unpaired) electrons. The zero-order chi connectivity index (χ0) is 49.0. The molecule has 1 heterocycles. The average molecular weight is 922 g/mol. The Labute approximate surface area is 391 Å². The molecule has 3 aromatic carbocycles. The lowest BCUT2D eigenvalue weighted by atomic mass is 9.93. The topological polar surface area (TPSA) is 291 Å². The second-order valence-corrected chi connectivity index (χ2v) is 15.7. The Kier molecular flexibility index (Phi) is 20.5. The normalized spacial score (nSPS) is 16.9. The van der Waals surface area contributed by atoms with Crippen LogP contribution in [0, 0.1) is 11.3 Å². The number of unbranched alkanes of at least 4 members (excludes halogenated alkanes) is 1. The number of ether oxygens (including phenoxy) is 3. The van der Waals surface area contributed by atoms with Gasteiger partial charge in [-0.25, -0.2) is 9.98 Å². The summed E-state index contributed by atoms with van der Waals surface area (Å²) in [6.07, 6.45) is 1.92. The van der Waals surface area contributed by atoms with Crippen molar-refractivity contribution in [1.82, 2.24) is 26.2 Å². The summed E-state index contributed by atoms with van der Waals surface area (Å²) in [4.78, 5) is 80.0. The first-order chi connectivity index (χ1) is 32.2. The van der Waals surface area contributed by atoms with Crippen molar-refractivity contribution in [2.45, 2.75) is 77.5 Å². The zero-order valence-electron chi connectivity index (χ0n) is 38.9. The number of benzene rings is 3. The first kappa shape index (κ1) is 52.5. The lowest BCUT2D eigenvalue weighted by molar-refractivity contribution is -0.142. The number of nitrogens with zero attached hydrogens (tertiary/aromatic N) is 4. The van der Waals surface area contributed by atoms with Gasteiger partial charge in [-0.1, -0.05) is 25.5 Å². The van der Waals surface area contributed by atoms with E-state index in [2.05, 4.69) is 44.9 Å². The maximum absolute atomic E-state index is 14.7. The standard InChI is InChI=1S/C48H63N11O8/c1-7-8-23-65-35-13-10-33(11-14-35)43(53-5)55-30(3)29(2)44(60)57-38(17-18-49)48(64)59(6)42-34-12-16-41(67-25-21-52)37(28-34)36-26-32(9-15-40(36)66-24-20-51)27-39(46(62)54-22-19-50)58-45(61)31(4)56-47(42)63/h9-16,26,28,31,38-39,42H,5,7-8,17-18,20-25,27,49,51-52H2,1-4,6H3,(H,54,62)(H,56,63)(H,57,60)(H,58,61)/b30-29+,55-43?/t31-,38-,39-,42-/m0/s1. The molecule has 0 unspecified atom stereocenters. The number of amides is 5. The van der Waals surface area contributed by atoms with E-state index in [1.165, 1.54) is 18.9 Å². The highest BCUT2D eigenvalue weighted by Crippen LogP contribution is 2.40. The molecule has 0 aromatic heterocycles. The summed E-state index contributed by atoms with van der Waals surface area (Å²) in [5.41, 5.74) is 20.6. The number of nitrogens with one attached hydrogen (secondary N) is 4. The summed E-state index contributed by atoms with van der Waals surface area (Å²) >= 11 is 0. The van der Waals surface area contributed by atoms with Gasteiger partial charge in [0.05, 0.1) is 12.7 Å². The Balaban J connectivity index is 1.78. The third kappa shape index (κ3) is 14.4. The fourth-order valence-electron chi connectivity index (χ4n) is 7.03. The van der Waals surface area contributed by atoms with Gasteiger partial charge in [0, 0.05) is 54.5 Å². The van der Waals surface area contributed by atoms with Crippen LogP contribution in [-0.2, 0) is 30.4 Å². The number of nitriles is 1. The van der Waals surface area contributed by atoms with Crippen molar-refractivity contribution >= 4 is 42.1 Å². The molecule has 1 aliphatic rings. The van der Waals surface area contributed by atoms with E-state index in [9.17, 15) is 24.0 Å². The van der Waals surface area contributed by atoms with Crippen LogP contribution >= 0.6 is 0 Å². The van der Waals surface area contributed by atoms with Crippen LogP contribution in [-0.4, -0.2) is 118 Å². The Morgan fingerprint density at radius 2 is 1.57 bits per heavy atom. The van der Waals surface area contributed by atoms with Crippen molar-refractivity contribution in [2.75, 3.05) is 53.0 Å². The van der Waals surface area contributed by atoms with Crippen molar-refractivity contribution in [2.24, 2.45) is 27.2 Å². The molecule has 5 amide bonds. The number of carbonyl (C=O) groups is 5. The van der Waals surface area contributed by atoms with Crippen LogP contribution in [0.5, 0.6) is 17.2 Å². The van der Waals surface area contributed by atoms with E-state index in [0.717, 1.165) is 12.8 Å². The molecule has 358 valence electrons. The van der Waals surface area contributed by atoms with Gasteiger partial charge >= 0.3 is 0 Å². The molecule has 0 aliphatic carbocycles. The smallest absolute Gasteiger partial charge is 0.249 e. The number of amidine groups is 1. The van der Waals surface area contributed by atoms with Crippen molar-refractivity contribution in [3.63, 3.8) is 0 Å². The first-order valence-corrected chi connectivity index (χ1v) is 22.1. The van der Waals surface area contributed by atoms with E-state index < -0.39 is 53.7 Å². The van der Waals surface area contributed by atoms with Gasteiger partial charge in [-0.05, 0) is 107 Å². The van der Waals surface area contributed by atoms with Crippen LogP contribution in [0.3, 0.4) is 0 Å². The molecule has 0 fully saturated rings. The summed E-state index contributed by atoms with van der Waals surface area (Å²) in [7, 11) is 1.40. The van der Waals surface area contributed by atoms with Crippen LogP contribution in [0.2, 0.25) is 0 Å². The fraction of sp³-hybridized carbons (Fsp3) is 0.417. The molecule has 0 spiro atoms. The molecule has 19 heteroatoms. The SMILES string of the molecule is C=NC(=N/C(C)=C(\C)C(=O)N[C@@H](CCN)C(=O)N(C)[C@@H]1C(=O)N[C@@H](C)C(=O)N[C@H](C(=O)NCC#N)Cc2ccc(OCCN)c(c2)-c2cc1ccc2OCCN)c1ccc(OCCCC)cc1. The average Bonchev–Trinajstić information content (AvgIpc) is 3.32. The second kappa shape index (κ2) is 26.1. The molecule has 1 aliphatic heterocycles. The molecular formula is C48H63N11O8. The molecule has 0 saturated heterocycles. The number of hydrogen-bond donors (Lipinski definition) is 7. The van der Waals surface area contributed by atoms with Gasteiger partial charge in [0.25, 0.3) is 0 Å². The largest absolute Gasteiger partial charge is 0.494 e. The summed E-state index contributed by atoms with van der Waals surface area (Å²) in [5.74, 6) is -1.67. The Hall–Kier alpha value is -7.14. The third-order valence-corrected chi connectivity index (χ3v) is 10.8. The molecular weight excluding hydrogens is 859 g/mol. The van der Waals surface area contributed by atoms with E-state index in [1.807, 2.05) is 6.07 Å². The summed E-state index contributed by atoms with van der Waals surface area (Å²) in [5, 5.41) is 19.8. The van der Waals surface area contributed by atoms with Crippen LogP contribution in [0.15, 0.2) is 81.9 Å². The highest BCUT2D eigenvalue weighted by molar-refractivity contribution is 6.03. The maximum Gasteiger partial charge on any atom is 0.249 e. The first-order valence-electron chi connectivity index (χ1n) is 22.1. The highest BCUT2D eigenvalue weighted by atomic mass is 16.5. The second-order valence-electron chi connectivity index (χ2n) is 15.7. The van der Waals surface area contributed by atoms with Gasteiger partial charge in [-0.3, -0.25) is 24.0 Å². The minimum absolute atomic E-state index is 0.00361. The van der Waals surface area contributed by atoms with Gasteiger partial charge in [-0.2, -0.15) is 5.26 Å². The predicted molar refractivity (Wildman–Crippen MR) is 255 cm³/mol. The van der Waals surface area contributed by atoms with Crippen LogP contribution < -0.4 is 52.7 Å². The number of rotatable bonds is 20. The zero-order valence-corrected chi connectivity index (χ0v) is 38.9. The quantitative estimate of drug-likeness (QED) is 0.0282. The van der Waals surface area contributed by atoms with Crippen molar-refractivity contribution in [3.8, 4) is 34.4 Å². The molecule has 4 bridgehead atoms. The van der Waals surface area contributed by atoms with Crippen LogP contribution in [0.4, 0.5) is 0 Å². The van der Waals surface area contributed by atoms with Crippen molar-refractivity contribution < 1.29 is 38.2 Å². The van der Waals surface area contributed by atoms with Gasteiger partial charge in [0.15, 0.2) is 5.84 Å². The number of hydrogen-bond acceptors (Lipinski definition) is 13. The van der Waals surface area contributed by atoms with Crippen molar-refractivity contribution in [3.05, 3.63) is 88.6 Å². The van der Waals surface area contributed by atoms with E-state index in [1.54, 1.807) is 74.5 Å². The lowest BCUT2D eigenvalue weighted by Gasteiger charge is -2.32. The molecule has 0 saturated carbocycles. The summed E-state index contributed by atoms with van der Waals surface area (Å²) in [6.45, 7) is 11.3. The highest BCUT2D eigenvalue weighted by Gasteiger charge is 2.36. The van der Waals surface area contributed by atoms with Crippen LogP contribution in [0.25, 0.3) is 11.1 Å². The Bertz CT molecular complexity index is 2340. The predicted octanol–water partition coefficient (Wildman–Crippen LogP) is 2.17. The van der Waals surface area contributed by atoms with E-state index >= 15 is 0 Å². The van der Waals surface area contributed by atoms with E-state index in [0.29, 0.717) is 57.4 Å². The fourth-order valence-corrected chi connectivity index (χ4v) is 7.03. The summed E-state index contributed by atoms with van der Waals surface area (Å²) in [6, 6.07) is 14.1. The number of fused-ring (bicyclic) bond motifs is 5. The van der Waals surface area contributed by atoms with E-state index in [4.69, 9.17) is 36.7 Å². The molecule has 4 rings (SSSR count). The number of allylic oxidation sites excluding steroid dienone is 1. The van der Waals surface area contributed by atoms with E-state index in [-0.39, 0.29) is 63.6 Å². The summed E-state index contributed by atoms with van der Waals surface area (Å²) < 4.78 is 17.9. The third-order valence-electron chi connectivity index (χ3n) is 10.8. The molecule has 10 N–H and O–H groups in total. The van der Waals surface area contributed by atoms with Crippen LogP contribution in [0.1, 0.15) is 69.7 Å². The van der Waals surface area contributed by atoms with Gasteiger partial charge in [0.1, 0.15) is 61.2 Å². The Morgan fingerprint density at radius 1 is 0.910 bits per heavy atom. The van der Waals surface area contributed by atoms with Crippen molar-refractivity contribution in [1.29, 1.82) is 5.26 Å². The maximum atomic E-state index is 14.7. The van der Waals surface area contributed by atoms with Gasteiger partial charge in [0.2, 0.25) is 29.5 Å². The lowest BCUT2D eigenvalue weighted by Crippen LogP contribution is -2.56. The monoisotopic (exact) mass is 921 g/mol. The minimum Gasteiger partial charge on any atom is -0.494 e. The molecule has 4 atom stereocenters.